The van der Waals surface area contributed by atoms with Crippen molar-refractivity contribution in [3.8, 4) is 0 Å². The average Bonchev–Trinajstić information content (AvgIpc) is 2.65. The van der Waals surface area contributed by atoms with E-state index in [1.165, 1.54) is 18.2 Å². The van der Waals surface area contributed by atoms with E-state index in [4.69, 9.17) is 14.3 Å². The molecular formula is C18H18BrF2IN2O4. The number of carbonyl (C=O) groups excluding carboxylic acids is 1. The van der Waals surface area contributed by atoms with Crippen LogP contribution in [-0.4, -0.2) is 39.4 Å². The Morgan fingerprint density at radius 3 is 2.54 bits per heavy atom. The Bertz CT molecular complexity index is 826. The van der Waals surface area contributed by atoms with Crippen LogP contribution in [0.3, 0.4) is 0 Å². The summed E-state index contributed by atoms with van der Waals surface area (Å²) >= 11 is 5.02. The second-order valence-electron chi connectivity index (χ2n) is 5.45. The lowest BCUT2D eigenvalue weighted by atomic mass is 10.1. The molecule has 2 N–H and O–H groups in total. The highest BCUT2D eigenvalue weighted by molar-refractivity contribution is 14.1. The van der Waals surface area contributed by atoms with Crippen molar-refractivity contribution < 1.29 is 27.9 Å². The largest absolute Gasteiger partial charge is 0.382 e. The quantitative estimate of drug-likeness (QED) is 0.252. The van der Waals surface area contributed by atoms with Crippen LogP contribution in [0.4, 0.5) is 20.2 Å². The summed E-state index contributed by atoms with van der Waals surface area (Å²) in [5, 5.41) is 2.75. The van der Waals surface area contributed by atoms with Crippen LogP contribution in [-0.2, 0) is 14.3 Å². The number of hydrogen-bond donors (Lipinski definition) is 2. The first-order valence-corrected chi connectivity index (χ1v) is 9.99. The second kappa shape index (κ2) is 11.6. The van der Waals surface area contributed by atoms with Gasteiger partial charge < -0.3 is 14.8 Å². The van der Waals surface area contributed by atoms with Gasteiger partial charge in [-0.25, -0.2) is 14.3 Å². The lowest BCUT2D eigenvalue weighted by Crippen LogP contribution is -2.26. The third-order valence-corrected chi connectivity index (χ3v) is 4.71. The minimum Gasteiger partial charge on any atom is -0.382 e. The van der Waals surface area contributed by atoms with Crippen molar-refractivity contribution in [2.75, 3.05) is 38.9 Å². The number of ether oxygens (including phenoxy) is 2. The van der Waals surface area contributed by atoms with Crippen molar-refractivity contribution in [2.45, 2.75) is 0 Å². The number of methoxy groups -OCH3 is 1. The molecule has 0 aliphatic heterocycles. The van der Waals surface area contributed by atoms with E-state index in [1.807, 2.05) is 22.6 Å². The van der Waals surface area contributed by atoms with Crippen LogP contribution < -0.4 is 10.8 Å². The number of hydrogen-bond acceptors (Lipinski definition) is 5. The van der Waals surface area contributed by atoms with Crippen molar-refractivity contribution in [1.82, 2.24) is 5.48 Å². The Morgan fingerprint density at radius 2 is 1.82 bits per heavy atom. The number of hydroxylamine groups is 1. The van der Waals surface area contributed by atoms with Crippen molar-refractivity contribution in [3.05, 3.63) is 55.6 Å². The topological polar surface area (TPSA) is 68.8 Å². The number of halogens is 4. The Labute approximate surface area is 183 Å². The van der Waals surface area contributed by atoms with Gasteiger partial charge in [-0.1, -0.05) is 0 Å². The van der Waals surface area contributed by atoms with Crippen LogP contribution in [0.1, 0.15) is 10.4 Å². The summed E-state index contributed by atoms with van der Waals surface area (Å²) in [7, 11) is 1.56. The first-order chi connectivity index (χ1) is 13.4. The van der Waals surface area contributed by atoms with E-state index in [1.54, 1.807) is 13.2 Å². The van der Waals surface area contributed by atoms with E-state index >= 15 is 0 Å². The third-order valence-electron chi connectivity index (χ3n) is 3.43. The van der Waals surface area contributed by atoms with Crippen molar-refractivity contribution in [1.29, 1.82) is 0 Å². The average molecular weight is 571 g/mol. The minimum absolute atomic E-state index is 0.0755. The zero-order valence-electron chi connectivity index (χ0n) is 14.9. The number of amides is 1. The molecule has 0 saturated carbocycles. The molecule has 2 aromatic rings. The Hall–Kier alpha value is -1.34. The molecule has 0 aromatic heterocycles. The summed E-state index contributed by atoms with van der Waals surface area (Å²) in [5.41, 5.74) is 2.54. The van der Waals surface area contributed by atoms with E-state index < -0.39 is 17.5 Å². The third kappa shape index (κ3) is 6.92. The van der Waals surface area contributed by atoms with Crippen molar-refractivity contribution in [2.24, 2.45) is 0 Å². The maximum Gasteiger partial charge on any atom is 0.276 e. The smallest absolute Gasteiger partial charge is 0.276 e. The van der Waals surface area contributed by atoms with Gasteiger partial charge in [0.25, 0.3) is 5.91 Å². The minimum atomic E-state index is -0.619. The first kappa shape index (κ1) is 22.9. The molecule has 0 fully saturated rings. The molecule has 10 heteroatoms. The monoisotopic (exact) mass is 570 g/mol. The number of carbonyl (C=O) groups is 1. The summed E-state index contributed by atoms with van der Waals surface area (Å²) in [4.78, 5) is 17.5. The van der Waals surface area contributed by atoms with E-state index in [2.05, 4.69) is 26.7 Å². The van der Waals surface area contributed by atoms with Crippen LogP contribution in [0.25, 0.3) is 0 Å². The Kier molecular flexibility index (Phi) is 9.51. The molecule has 2 rings (SSSR count). The fourth-order valence-corrected chi connectivity index (χ4v) is 2.89. The van der Waals surface area contributed by atoms with Crippen LogP contribution >= 0.6 is 38.5 Å². The SMILES string of the molecule is COCCOCCONC(=O)c1cc(Br)c(F)cc1Nc1ccc(I)cc1F. The number of nitrogens with one attached hydrogen (secondary N) is 2. The molecule has 0 heterocycles. The molecule has 152 valence electrons. The summed E-state index contributed by atoms with van der Waals surface area (Å²) in [6.07, 6.45) is 0. The fourth-order valence-electron chi connectivity index (χ4n) is 2.09. The maximum absolute atomic E-state index is 14.1. The van der Waals surface area contributed by atoms with Crippen LogP contribution in [0.2, 0.25) is 0 Å². The highest BCUT2D eigenvalue weighted by atomic mass is 127. The van der Waals surface area contributed by atoms with Crippen LogP contribution in [0.15, 0.2) is 34.8 Å². The van der Waals surface area contributed by atoms with Crippen LogP contribution in [0, 0.1) is 15.2 Å². The van der Waals surface area contributed by atoms with Gasteiger partial charge in [-0.2, -0.15) is 0 Å². The van der Waals surface area contributed by atoms with Crippen LogP contribution in [0.5, 0.6) is 0 Å². The van der Waals surface area contributed by atoms with Crippen molar-refractivity contribution in [3.63, 3.8) is 0 Å². The highest BCUT2D eigenvalue weighted by Gasteiger charge is 2.17. The van der Waals surface area contributed by atoms with Gasteiger partial charge in [-0.15, -0.1) is 0 Å². The zero-order chi connectivity index (χ0) is 20.5. The molecule has 2 aromatic carbocycles. The van der Waals surface area contributed by atoms with E-state index in [0.717, 1.165) is 6.07 Å². The number of benzene rings is 2. The van der Waals surface area contributed by atoms with Gasteiger partial charge in [0.2, 0.25) is 0 Å². The number of anilines is 2. The molecule has 0 aliphatic carbocycles. The molecule has 28 heavy (non-hydrogen) atoms. The normalized spacial score (nSPS) is 10.8. The van der Waals surface area contributed by atoms with Gasteiger partial charge in [0.05, 0.1) is 47.8 Å². The van der Waals surface area contributed by atoms with Crippen molar-refractivity contribution >= 4 is 55.8 Å². The lowest BCUT2D eigenvalue weighted by molar-refractivity contribution is -0.00935. The number of rotatable bonds is 10. The summed E-state index contributed by atoms with van der Waals surface area (Å²) in [6.45, 7) is 1.25. The van der Waals surface area contributed by atoms with Gasteiger partial charge in [0.15, 0.2) is 0 Å². The Morgan fingerprint density at radius 1 is 1.07 bits per heavy atom. The van der Waals surface area contributed by atoms with E-state index in [-0.39, 0.29) is 34.6 Å². The van der Waals surface area contributed by atoms with Gasteiger partial charge in [-0.3, -0.25) is 9.63 Å². The molecule has 0 bridgehead atoms. The molecule has 0 unspecified atom stereocenters. The van der Waals surface area contributed by atoms with E-state index in [9.17, 15) is 13.6 Å². The maximum atomic E-state index is 14.1. The fraction of sp³-hybridized carbons (Fsp3) is 0.278. The van der Waals surface area contributed by atoms with Gasteiger partial charge in [0.1, 0.15) is 11.6 Å². The Balaban J connectivity index is 2.06. The molecule has 0 spiro atoms. The molecular weight excluding hydrogens is 553 g/mol. The highest BCUT2D eigenvalue weighted by Crippen LogP contribution is 2.29. The first-order valence-electron chi connectivity index (χ1n) is 8.12. The standard InChI is InChI=1S/C18H18BrF2IN2O4/c1-26-4-5-27-6-7-28-24-18(25)12-9-13(19)14(20)10-17(12)23-16-3-2-11(22)8-15(16)21/h2-3,8-10,23H,4-7H2,1H3,(H,24,25). The zero-order valence-corrected chi connectivity index (χ0v) is 18.6. The molecule has 6 nitrogen and oxygen atoms in total. The van der Waals surface area contributed by atoms with Gasteiger partial charge >= 0.3 is 0 Å². The predicted molar refractivity (Wildman–Crippen MR) is 113 cm³/mol. The molecule has 0 aliphatic rings. The summed E-state index contributed by atoms with van der Waals surface area (Å²) < 4.78 is 38.9. The summed E-state index contributed by atoms with van der Waals surface area (Å²) in [6, 6.07) is 6.91. The van der Waals surface area contributed by atoms with Gasteiger partial charge in [0, 0.05) is 10.7 Å². The molecule has 0 saturated heterocycles. The molecule has 0 radical (unpaired) electrons. The summed E-state index contributed by atoms with van der Waals surface area (Å²) in [5.74, 6) is -1.74. The van der Waals surface area contributed by atoms with E-state index in [0.29, 0.717) is 16.8 Å². The van der Waals surface area contributed by atoms with Gasteiger partial charge in [-0.05, 0) is 68.9 Å². The predicted octanol–water partition coefficient (Wildman–Crippen LogP) is 4.40. The lowest BCUT2D eigenvalue weighted by Gasteiger charge is -2.14. The molecule has 1 amide bonds. The molecule has 0 atom stereocenters. The second-order valence-corrected chi connectivity index (χ2v) is 7.55.